The maximum Gasteiger partial charge on any atom is 0.266 e. The largest absolute Gasteiger partial charge is 0.497 e. The average molecular weight is 353 g/mol. The zero-order valence-electron chi connectivity index (χ0n) is 14.7. The van der Waals surface area contributed by atoms with Gasteiger partial charge in [-0.25, -0.2) is 15.0 Å². The number of imidazole rings is 1. The number of rotatable bonds is 6. The molecule has 1 N–H and O–H groups in total. The summed E-state index contributed by atoms with van der Waals surface area (Å²) in [7, 11) is 1.59. The standard InChI is InChI=1S/C18H19N5O3/c1-12(26-15-6-4-14(25-3)5-7-15)18(24)22-16-10-17(21-11-20-16)23-9-8-19-13(23)2/h4-12H,1-3H3,(H,20,21,22,24). The Morgan fingerprint density at radius 2 is 1.88 bits per heavy atom. The fourth-order valence-electron chi connectivity index (χ4n) is 2.31. The second-order valence-corrected chi connectivity index (χ2v) is 5.53. The topological polar surface area (TPSA) is 91.2 Å². The zero-order valence-corrected chi connectivity index (χ0v) is 14.7. The minimum absolute atomic E-state index is 0.312. The zero-order chi connectivity index (χ0) is 18.5. The van der Waals surface area contributed by atoms with E-state index in [1.54, 1.807) is 61.3 Å². The molecule has 1 aromatic carbocycles. The van der Waals surface area contributed by atoms with Crippen molar-refractivity contribution in [1.82, 2.24) is 19.5 Å². The number of carbonyl (C=O) groups is 1. The number of hydrogen-bond donors (Lipinski definition) is 1. The van der Waals surface area contributed by atoms with Gasteiger partial charge in [-0.05, 0) is 38.1 Å². The van der Waals surface area contributed by atoms with Gasteiger partial charge in [0, 0.05) is 18.5 Å². The van der Waals surface area contributed by atoms with Crippen LogP contribution in [0.25, 0.3) is 5.82 Å². The molecule has 8 heteroatoms. The molecule has 0 bridgehead atoms. The molecule has 1 unspecified atom stereocenters. The first kappa shape index (κ1) is 17.4. The van der Waals surface area contributed by atoms with E-state index in [0.29, 0.717) is 17.4 Å². The van der Waals surface area contributed by atoms with E-state index in [4.69, 9.17) is 9.47 Å². The smallest absolute Gasteiger partial charge is 0.266 e. The Morgan fingerprint density at radius 1 is 1.15 bits per heavy atom. The maximum atomic E-state index is 12.4. The SMILES string of the molecule is COc1ccc(OC(C)C(=O)Nc2cc(-n3ccnc3C)ncn2)cc1. The van der Waals surface area contributed by atoms with Gasteiger partial charge in [0.05, 0.1) is 7.11 Å². The van der Waals surface area contributed by atoms with Crippen molar-refractivity contribution in [2.45, 2.75) is 20.0 Å². The third-order valence-electron chi connectivity index (χ3n) is 3.72. The van der Waals surface area contributed by atoms with Crippen LogP contribution in [0.3, 0.4) is 0 Å². The predicted molar refractivity (Wildman–Crippen MR) is 95.6 cm³/mol. The quantitative estimate of drug-likeness (QED) is 0.732. The maximum absolute atomic E-state index is 12.4. The molecule has 26 heavy (non-hydrogen) atoms. The van der Waals surface area contributed by atoms with Gasteiger partial charge in [-0.15, -0.1) is 0 Å². The number of aromatic nitrogens is 4. The summed E-state index contributed by atoms with van der Waals surface area (Å²) in [6.07, 6.45) is 4.16. The fourth-order valence-corrected chi connectivity index (χ4v) is 2.31. The van der Waals surface area contributed by atoms with Gasteiger partial charge in [-0.2, -0.15) is 0 Å². The summed E-state index contributed by atoms with van der Waals surface area (Å²) in [5.41, 5.74) is 0. The van der Waals surface area contributed by atoms with E-state index in [9.17, 15) is 4.79 Å². The van der Waals surface area contributed by atoms with Crippen molar-refractivity contribution in [3.05, 3.63) is 54.9 Å². The Labute approximate surface area is 150 Å². The fraction of sp³-hybridized carbons (Fsp3) is 0.222. The first-order valence-electron chi connectivity index (χ1n) is 8.01. The molecule has 0 fully saturated rings. The van der Waals surface area contributed by atoms with Crippen LogP contribution in [0.15, 0.2) is 49.1 Å². The highest BCUT2D eigenvalue weighted by Gasteiger charge is 2.16. The van der Waals surface area contributed by atoms with E-state index in [1.807, 2.05) is 6.92 Å². The monoisotopic (exact) mass is 353 g/mol. The summed E-state index contributed by atoms with van der Waals surface area (Å²) in [4.78, 5) is 24.8. The number of amides is 1. The molecule has 2 aromatic heterocycles. The van der Waals surface area contributed by atoms with Crippen molar-refractivity contribution in [3.8, 4) is 17.3 Å². The molecular weight excluding hydrogens is 334 g/mol. The summed E-state index contributed by atoms with van der Waals surface area (Å²) in [6, 6.07) is 8.70. The third kappa shape index (κ3) is 3.97. The normalized spacial score (nSPS) is 11.7. The number of benzene rings is 1. The first-order chi connectivity index (χ1) is 12.6. The van der Waals surface area contributed by atoms with Crippen LogP contribution in [0.5, 0.6) is 11.5 Å². The third-order valence-corrected chi connectivity index (χ3v) is 3.72. The van der Waals surface area contributed by atoms with E-state index >= 15 is 0 Å². The highest BCUT2D eigenvalue weighted by molar-refractivity contribution is 5.93. The van der Waals surface area contributed by atoms with Gasteiger partial charge in [-0.1, -0.05) is 0 Å². The van der Waals surface area contributed by atoms with Gasteiger partial charge in [-0.3, -0.25) is 9.36 Å². The lowest BCUT2D eigenvalue weighted by molar-refractivity contribution is -0.122. The number of hydrogen-bond acceptors (Lipinski definition) is 6. The molecule has 8 nitrogen and oxygen atoms in total. The van der Waals surface area contributed by atoms with Crippen LogP contribution in [-0.2, 0) is 4.79 Å². The van der Waals surface area contributed by atoms with E-state index in [-0.39, 0.29) is 5.91 Å². The Kier molecular flexibility index (Phi) is 5.12. The van der Waals surface area contributed by atoms with Crippen LogP contribution >= 0.6 is 0 Å². The Morgan fingerprint density at radius 3 is 2.54 bits per heavy atom. The number of aryl methyl sites for hydroxylation is 1. The van der Waals surface area contributed by atoms with Crippen molar-refractivity contribution in [3.63, 3.8) is 0 Å². The van der Waals surface area contributed by atoms with E-state index in [1.165, 1.54) is 6.33 Å². The van der Waals surface area contributed by atoms with Gasteiger partial charge >= 0.3 is 0 Å². The molecule has 0 aliphatic rings. The lowest BCUT2D eigenvalue weighted by Crippen LogP contribution is -2.30. The molecule has 0 saturated carbocycles. The first-order valence-corrected chi connectivity index (χ1v) is 8.01. The van der Waals surface area contributed by atoms with Gasteiger partial charge in [0.1, 0.15) is 35.3 Å². The lowest BCUT2D eigenvalue weighted by atomic mass is 10.3. The summed E-state index contributed by atoms with van der Waals surface area (Å²) in [5, 5.41) is 2.73. The number of nitrogens with one attached hydrogen (secondary N) is 1. The summed E-state index contributed by atoms with van der Waals surface area (Å²) in [6.45, 7) is 3.53. The van der Waals surface area contributed by atoms with Crippen LogP contribution in [0, 0.1) is 6.92 Å². The Balaban J connectivity index is 1.66. The minimum Gasteiger partial charge on any atom is -0.497 e. The highest BCUT2D eigenvalue weighted by Crippen LogP contribution is 2.18. The Hall–Kier alpha value is -3.42. The number of methoxy groups -OCH3 is 1. The van der Waals surface area contributed by atoms with Gasteiger partial charge in [0.2, 0.25) is 0 Å². The number of carbonyl (C=O) groups excluding carboxylic acids is 1. The molecule has 1 atom stereocenters. The number of ether oxygens (including phenoxy) is 2. The van der Waals surface area contributed by atoms with Crippen molar-refractivity contribution in [2.75, 3.05) is 12.4 Å². The van der Waals surface area contributed by atoms with Crippen LogP contribution in [0.4, 0.5) is 5.82 Å². The van der Waals surface area contributed by atoms with Crippen molar-refractivity contribution in [2.24, 2.45) is 0 Å². The van der Waals surface area contributed by atoms with Crippen molar-refractivity contribution in [1.29, 1.82) is 0 Å². The van der Waals surface area contributed by atoms with E-state index in [2.05, 4.69) is 20.3 Å². The molecule has 3 rings (SSSR count). The molecule has 0 saturated heterocycles. The molecule has 0 radical (unpaired) electrons. The van der Waals surface area contributed by atoms with Gasteiger partial charge in [0.25, 0.3) is 5.91 Å². The van der Waals surface area contributed by atoms with E-state index in [0.717, 1.165) is 11.6 Å². The average Bonchev–Trinajstić information content (AvgIpc) is 3.08. The molecule has 0 aliphatic carbocycles. The molecular formula is C18H19N5O3. The second kappa shape index (κ2) is 7.64. The molecule has 2 heterocycles. The lowest BCUT2D eigenvalue weighted by Gasteiger charge is -2.15. The van der Waals surface area contributed by atoms with Crippen LogP contribution in [0.2, 0.25) is 0 Å². The van der Waals surface area contributed by atoms with Crippen LogP contribution in [-0.4, -0.2) is 38.6 Å². The molecule has 0 aliphatic heterocycles. The molecule has 134 valence electrons. The predicted octanol–water partition coefficient (Wildman–Crippen LogP) is 2.39. The number of anilines is 1. The summed E-state index contributed by atoms with van der Waals surface area (Å²) < 4.78 is 12.5. The summed E-state index contributed by atoms with van der Waals surface area (Å²) in [5.74, 6) is 2.78. The van der Waals surface area contributed by atoms with Crippen LogP contribution in [0.1, 0.15) is 12.7 Å². The minimum atomic E-state index is -0.697. The second-order valence-electron chi connectivity index (χ2n) is 5.53. The van der Waals surface area contributed by atoms with Crippen LogP contribution < -0.4 is 14.8 Å². The van der Waals surface area contributed by atoms with Gasteiger partial charge < -0.3 is 14.8 Å². The highest BCUT2D eigenvalue weighted by atomic mass is 16.5. The van der Waals surface area contributed by atoms with Gasteiger partial charge in [0.15, 0.2) is 6.10 Å². The van der Waals surface area contributed by atoms with Crippen molar-refractivity contribution >= 4 is 11.7 Å². The molecule has 3 aromatic rings. The molecule has 0 spiro atoms. The Bertz CT molecular complexity index is 892. The summed E-state index contributed by atoms with van der Waals surface area (Å²) >= 11 is 0. The molecule has 1 amide bonds. The van der Waals surface area contributed by atoms with E-state index < -0.39 is 6.10 Å². The number of nitrogens with zero attached hydrogens (tertiary/aromatic N) is 4. The van der Waals surface area contributed by atoms with Crippen molar-refractivity contribution < 1.29 is 14.3 Å².